The topological polar surface area (TPSA) is 83.9 Å². The zero-order chi connectivity index (χ0) is 27.9. The van der Waals surface area contributed by atoms with E-state index >= 15 is 0 Å². The molecular formula is C33H30FNO5. The van der Waals surface area contributed by atoms with Crippen LogP contribution in [0.3, 0.4) is 0 Å². The molecule has 0 spiro atoms. The highest BCUT2D eigenvalue weighted by Crippen LogP contribution is 2.33. The van der Waals surface area contributed by atoms with Gasteiger partial charge in [0, 0.05) is 28.6 Å². The van der Waals surface area contributed by atoms with E-state index in [0.29, 0.717) is 30.2 Å². The number of hydrogen-bond donors (Lipinski definition) is 1. The highest BCUT2D eigenvalue weighted by molar-refractivity contribution is 5.89. The molecule has 1 heterocycles. The minimum Gasteiger partial charge on any atom is -0.489 e. The molecule has 0 atom stereocenters. The van der Waals surface area contributed by atoms with Gasteiger partial charge in [-0.2, -0.15) is 0 Å². The number of furan rings is 1. The number of fused-ring (bicyclic) bond motifs is 1. The fraction of sp³-hybridized carbons (Fsp3) is 0.182. The van der Waals surface area contributed by atoms with Crippen molar-refractivity contribution in [1.82, 2.24) is 0 Å². The van der Waals surface area contributed by atoms with Gasteiger partial charge in [0.2, 0.25) is 0 Å². The van der Waals surface area contributed by atoms with E-state index in [-0.39, 0.29) is 31.4 Å². The van der Waals surface area contributed by atoms with Gasteiger partial charge in [-0.15, -0.1) is 0 Å². The summed E-state index contributed by atoms with van der Waals surface area (Å²) in [6.07, 6.45) is 1.81. The van der Waals surface area contributed by atoms with E-state index in [1.54, 1.807) is 25.3 Å². The lowest BCUT2D eigenvalue weighted by Crippen LogP contribution is -2.09. The molecule has 4 aromatic carbocycles. The molecule has 0 unspecified atom stereocenters. The van der Waals surface area contributed by atoms with Crippen molar-refractivity contribution >= 4 is 16.9 Å². The van der Waals surface area contributed by atoms with E-state index in [1.807, 2.05) is 48.5 Å². The van der Waals surface area contributed by atoms with Gasteiger partial charge in [0.15, 0.2) is 0 Å². The Kier molecular flexibility index (Phi) is 8.42. The van der Waals surface area contributed by atoms with Gasteiger partial charge in [0.25, 0.3) is 0 Å². The zero-order valence-corrected chi connectivity index (χ0v) is 22.2. The van der Waals surface area contributed by atoms with Crippen LogP contribution in [0.15, 0.2) is 95.6 Å². The predicted molar refractivity (Wildman–Crippen MR) is 151 cm³/mol. The van der Waals surface area contributed by atoms with Crippen LogP contribution < -0.4 is 15.2 Å². The van der Waals surface area contributed by atoms with Gasteiger partial charge in [-0.3, -0.25) is 4.79 Å². The molecule has 0 bridgehead atoms. The Morgan fingerprint density at radius 1 is 0.850 bits per heavy atom. The van der Waals surface area contributed by atoms with Gasteiger partial charge >= 0.3 is 5.97 Å². The third kappa shape index (κ3) is 6.33. The molecule has 1 aromatic heterocycles. The Morgan fingerprint density at radius 2 is 1.65 bits per heavy atom. The number of halogens is 1. The number of nitrogens with two attached hydrogens (primary N) is 1. The number of carbonyl (C=O) groups excluding carboxylic acids is 1. The second-order valence-corrected chi connectivity index (χ2v) is 9.30. The van der Waals surface area contributed by atoms with Gasteiger partial charge in [-0.25, -0.2) is 4.39 Å². The molecule has 0 amide bonds. The molecule has 0 aliphatic rings. The van der Waals surface area contributed by atoms with E-state index in [0.717, 1.165) is 38.8 Å². The van der Waals surface area contributed by atoms with Crippen molar-refractivity contribution in [3.8, 4) is 22.6 Å². The summed E-state index contributed by atoms with van der Waals surface area (Å²) in [6.45, 7) is 3.00. The summed E-state index contributed by atoms with van der Waals surface area (Å²) < 4.78 is 36.7. The fourth-order valence-electron chi connectivity index (χ4n) is 4.53. The van der Waals surface area contributed by atoms with Gasteiger partial charge < -0.3 is 24.4 Å². The van der Waals surface area contributed by atoms with Gasteiger partial charge in [-0.05, 0) is 72.1 Å². The largest absolute Gasteiger partial charge is 0.489 e. The van der Waals surface area contributed by atoms with Crippen LogP contribution in [0.1, 0.15) is 29.2 Å². The van der Waals surface area contributed by atoms with Crippen LogP contribution in [-0.2, 0) is 35.7 Å². The van der Waals surface area contributed by atoms with E-state index < -0.39 is 0 Å². The van der Waals surface area contributed by atoms with Crippen LogP contribution in [0.5, 0.6) is 11.5 Å². The molecule has 5 aromatic rings. The normalized spacial score (nSPS) is 11.0. The summed E-state index contributed by atoms with van der Waals surface area (Å²) in [6, 6.07) is 25.5. The van der Waals surface area contributed by atoms with Crippen LogP contribution in [0.2, 0.25) is 0 Å². The standard InChI is InChI=1S/C33H30FNO5/c1-2-37-32(36)17-24-7-3-4-9-31(24)39-20-27-21-40-33-26(19-38-29-12-10-28(34)11-13-29)15-25(16-30(27)33)23-8-5-6-22(14-23)18-35/h3-16,21H,2,17-20,35H2,1H3. The molecule has 0 radical (unpaired) electrons. The maximum atomic E-state index is 13.4. The van der Waals surface area contributed by atoms with Gasteiger partial charge in [0.05, 0.1) is 19.3 Å². The number of esters is 1. The molecule has 0 aliphatic carbocycles. The number of carbonyl (C=O) groups is 1. The molecule has 6 nitrogen and oxygen atoms in total. The Bertz CT molecular complexity index is 1610. The lowest BCUT2D eigenvalue weighted by atomic mass is 9.98. The first kappa shape index (κ1) is 27.0. The minimum absolute atomic E-state index is 0.128. The third-order valence-corrected chi connectivity index (χ3v) is 6.53. The molecule has 0 fully saturated rings. The average Bonchev–Trinajstić information content (AvgIpc) is 3.39. The van der Waals surface area contributed by atoms with E-state index in [2.05, 4.69) is 12.1 Å². The lowest BCUT2D eigenvalue weighted by Gasteiger charge is -2.12. The summed E-state index contributed by atoms with van der Waals surface area (Å²) in [5.74, 6) is 0.536. The Hall–Kier alpha value is -4.62. The van der Waals surface area contributed by atoms with Crippen molar-refractivity contribution in [1.29, 1.82) is 0 Å². The second-order valence-electron chi connectivity index (χ2n) is 9.30. The molecule has 40 heavy (non-hydrogen) atoms. The molecular weight excluding hydrogens is 509 g/mol. The molecule has 0 aliphatic heterocycles. The quantitative estimate of drug-likeness (QED) is 0.183. The molecule has 0 saturated carbocycles. The summed E-state index contributed by atoms with van der Waals surface area (Å²) >= 11 is 0. The van der Waals surface area contributed by atoms with Crippen molar-refractivity contribution < 1.29 is 27.8 Å². The molecule has 5 rings (SSSR count). The summed E-state index contributed by atoms with van der Waals surface area (Å²) in [5.41, 5.74) is 12.0. The third-order valence-electron chi connectivity index (χ3n) is 6.53. The monoisotopic (exact) mass is 539 g/mol. The minimum atomic E-state index is -0.323. The summed E-state index contributed by atoms with van der Waals surface area (Å²) in [5, 5.41) is 0.885. The SMILES string of the molecule is CCOC(=O)Cc1ccccc1OCc1coc2c(COc3ccc(F)cc3)cc(-c3cccc(CN)c3)cc12. The predicted octanol–water partition coefficient (Wildman–Crippen LogP) is 6.96. The van der Waals surface area contributed by atoms with Crippen LogP contribution in [0, 0.1) is 5.82 Å². The Labute approximate surface area is 232 Å². The highest BCUT2D eigenvalue weighted by Gasteiger charge is 2.16. The molecule has 204 valence electrons. The number of hydrogen-bond acceptors (Lipinski definition) is 6. The number of rotatable bonds is 11. The van der Waals surface area contributed by atoms with Crippen LogP contribution >= 0.6 is 0 Å². The average molecular weight is 540 g/mol. The summed E-state index contributed by atoms with van der Waals surface area (Å²) in [4.78, 5) is 12.1. The van der Waals surface area contributed by atoms with Crippen molar-refractivity contribution in [2.45, 2.75) is 33.1 Å². The first-order valence-electron chi connectivity index (χ1n) is 13.1. The van der Waals surface area contributed by atoms with E-state index in [1.165, 1.54) is 12.1 Å². The van der Waals surface area contributed by atoms with E-state index in [9.17, 15) is 9.18 Å². The van der Waals surface area contributed by atoms with Crippen molar-refractivity contribution in [3.05, 3.63) is 119 Å². The highest BCUT2D eigenvalue weighted by atomic mass is 19.1. The van der Waals surface area contributed by atoms with E-state index in [4.69, 9.17) is 24.4 Å². The molecule has 7 heteroatoms. The van der Waals surface area contributed by atoms with Crippen LogP contribution in [0.4, 0.5) is 4.39 Å². The van der Waals surface area contributed by atoms with Gasteiger partial charge in [-0.1, -0.05) is 36.4 Å². The Morgan fingerprint density at radius 3 is 2.45 bits per heavy atom. The Balaban J connectivity index is 1.47. The zero-order valence-electron chi connectivity index (χ0n) is 22.2. The molecule has 2 N–H and O–H groups in total. The maximum Gasteiger partial charge on any atom is 0.310 e. The number of para-hydroxylation sites is 1. The molecule has 0 saturated heterocycles. The van der Waals surface area contributed by atoms with Crippen molar-refractivity contribution in [2.24, 2.45) is 5.73 Å². The first-order chi connectivity index (χ1) is 19.5. The number of benzene rings is 4. The smallest absolute Gasteiger partial charge is 0.310 e. The maximum absolute atomic E-state index is 13.4. The van der Waals surface area contributed by atoms with Crippen molar-refractivity contribution in [2.75, 3.05) is 6.61 Å². The van der Waals surface area contributed by atoms with Gasteiger partial charge in [0.1, 0.15) is 36.1 Å². The second kappa shape index (κ2) is 12.5. The van der Waals surface area contributed by atoms with Crippen LogP contribution in [-0.4, -0.2) is 12.6 Å². The van der Waals surface area contributed by atoms with Crippen molar-refractivity contribution in [3.63, 3.8) is 0 Å². The first-order valence-corrected chi connectivity index (χ1v) is 13.1. The number of ether oxygens (including phenoxy) is 3. The van der Waals surface area contributed by atoms with Crippen LogP contribution in [0.25, 0.3) is 22.1 Å². The summed E-state index contributed by atoms with van der Waals surface area (Å²) in [7, 11) is 0. The fourth-order valence-corrected chi connectivity index (χ4v) is 4.53. The lowest BCUT2D eigenvalue weighted by molar-refractivity contribution is -0.142.